The third-order valence-electron chi connectivity index (χ3n) is 4.00. The molecule has 4 nitrogen and oxygen atoms in total. The predicted octanol–water partition coefficient (Wildman–Crippen LogP) is 4.37. The Bertz CT molecular complexity index is 722. The number of aryl methyl sites for hydroxylation is 1. The van der Waals surface area contributed by atoms with E-state index in [2.05, 4.69) is 17.4 Å². The highest BCUT2D eigenvalue weighted by Crippen LogP contribution is 2.11. The van der Waals surface area contributed by atoms with Crippen LogP contribution in [0.3, 0.4) is 0 Å². The monoisotopic (exact) mass is 405 g/mol. The molecule has 0 heterocycles. The average molecular weight is 406 g/mol. The lowest BCUT2D eigenvalue weighted by molar-refractivity contribution is -0.146. The maximum Gasteiger partial charge on any atom is 0.328 e. The summed E-state index contributed by atoms with van der Waals surface area (Å²) in [5, 5.41) is 3.33. The Balaban J connectivity index is 1.84. The smallest absolute Gasteiger partial charge is 0.328 e. The summed E-state index contributed by atoms with van der Waals surface area (Å²) in [5.74, 6) is 0.0587. The van der Waals surface area contributed by atoms with E-state index >= 15 is 0 Å². The summed E-state index contributed by atoms with van der Waals surface area (Å²) in [6, 6.07) is 16.0. The van der Waals surface area contributed by atoms with E-state index in [-0.39, 0.29) is 11.9 Å². The number of thioether (sulfide) groups is 1. The van der Waals surface area contributed by atoms with Gasteiger partial charge in [-0.05, 0) is 61.1 Å². The lowest BCUT2D eigenvalue weighted by atomic mass is 10.1. The van der Waals surface area contributed by atoms with Crippen LogP contribution in [-0.4, -0.2) is 36.5 Å². The zero-order valence-corrected chi connectivity index (χ0v) is 16.9. The molecule has 0 aliphatic rings. The molecule has 2 aromatic rings. The molecule has 0 saturated heterocycles. The Hall–Kier alpha value is -1.98. The summed E-state index contributed by atoms with van der Waals surface area (Å²) >= 11 is 7.47. The molecule has 2 rings (SSSR count). The minimum Gasteiger partial charge on any atom is -0.464 e. The van der Waals surface area contributed by atoms with Crippen LogP contribution < -0.4 is 5.32 Å². The van der Waals surface area contributed by atoms with Gasteiger partial charge in [-0.2, -0.15) is 11.8 Å². The average Bonchev–Trinajstić information content (AvgIpc) is 2.69. The van der Waals surface area contributed by atoms with Crippen molar-refractivity contribution < 1.29 is 14.3 Å². The van der Waals surface area contributed by atoms with Crippen LogP contribution in [0.1, 0.15) is 28.8 Å². The molecule has 0 aliphatic heterocycles. The van der Waals surface area contributed by atoms with E-state index in [0.29, 0.717) is 23.6 Å². The van der Waals surface area contributed by atoms with Crippen LogP contribution in [0.4, 0.5) is 0 Å². The molecule has 0 fully saturated rings. The van der Waals surface area contributed by atoms with Crippen molar-refractivity contribution in [1.29, 1.82) is 0 Å². The zero-order chi connectivity index (χ0) is 19.5. The molecule has 0 spiro atoms. The molecule has 0 bridgehead atoms. The standard InChI is InChI=1S/C21H24ClNO3S/c1-27-15-13-19(23-20(24)17-9-11-18(22)12-10-17)21(25)26-14-5-8-16-6-3-2-4-7-16/h2-4,6-7,9-12,19H,5,8,13-15H2,1H3,(H,23,24)/t19-/m0/s1. The van der Waals surface area contributed by atoms with Gasteiger partial charge in [-0.3, -0.25) is 4.79 Å². The number of hydrogen-bond acceptors (Lipinski definition) is 4. The third kappa shape index (κ3) is 7.65. The second-order valence-electron chi connectivity index (χ2n) is 6.07. The lowest BCUT2D eigenvalue weighted by Crippen LogP contribution is -2.42. The van der Waals surface area contributed by atoms with Gasteiger partial charge < -0.3 is 10.1 Å². The first-order chi connectivity index (χ1) is 13.1. The number of esters is 1. The van der Waals surface area contributed by atoms with E-state index in [9.17, 15) is 9.59 Å². The minimum absolute atomic E-state index is 0.306. The van der Waals surface area contributed by atoms with Gasteiger partial charge in [0.25, 0.3) is 5.91 Å². The lowest BCUT2D eigenvalue weighted by Gasteiger charge is -2.17. The Morgan fingerprint density at radius 3 is 2.48 bits per heavy atom. The van der Waals surface area contributed by atoms with Crippen molar-refractivity contribution in [2.45, 2.75) is 25.3 Å². The van der Waals surface area contributed by atoms with E-state index in [4.69, 9.17) is 16.3 Å². The maximum absolute atomic E-state index is 12.4. The van der Waals surface area contributed by atoms with E-state index < -0.39 is 6.04 Å². The van der Waals surface area contributed by atoms with Crippen molar-refractivity contribution in [3.8, 4) is 0 Å². The van der Waals surface area contributed by atoms with Crippen molar-refractivity contribution in [3.05, 3.63) is 70.7 Å². The molecular formula is C21H24ClNO3S. The topological polar surface area (TPSA) is 55.4 Å². The fourth-order valence-corrected chi connectivity index (χ4v) is 3.12. The third-order valence-corrected chi connectivity index (χ3v) is 4.90. The maximum atomic E-state index is 12.4. The Labute approximate surface area is 169 Å². The van der Waals surface area contributed by atoms with Crippen LogP contribution in [-0.2, 0) is 16.0 Å². The molecule has 6 heteroatoms. The van der Waals surface area contributed by atoms with Gasteiger partial charge in [0.05, 0.1) is 6.61 Å². The van der Waals surface area contributed by atoms with E-state index in [1.54, 1.807) is 36.0 Å². The number of carbonyl (C=O) groups excluding carboxylic acids is 2. The van der Waals surface area contributed by atoms with Crippen LogP contribution in [0.25, 0.3) is 0 Å². The summed E-state index contributed by atoms with van der Waals surface area (Å²) in [6.45, 7) is 0.334. The van der Waals surface area contributed by atoms with Gasteiger partial charge in [0.15, 0.2) is 0 Å². The van der Waals surface area contributed by atoms with E-state index in [1.165, 1.54) is 5.56 Å². The Kier molecular flexibility index (Phi) is 9.22. The largest absolute Gasteiger partial charge is 0.464 e. The number of nitrogens with one attached hydrogen (secondary N) is 1. The molecule has 0 saturated carbocycles. The van der Waals surface area contributed by atoms with Gasteiger partial charge in [-0.15, -0.1) is 0 Å². The quantitative estimate of drug-likeness (QED) is 0.471. The van der Waals surface area contributed by atoms with Crippen LogP contribution in [0.15, 0.2) is 54.6 Å². The number of hydrogen-bond donors (Lipinski definition) is 1. The molecule has 144 valence electrons. The van der Waals surface area contributed by atoms with Crippen molar-refractivity contribution in [2.24, 2.45) is 0 Å². The van der Waals surface area contributed by atoms with Gasteiger partial charge in [0.1, 0.15) is 6.04 Å². The fraction of sp³-hybridized carbons (Fsp3) is 0.333. The highest BCUT2D eigenvalue weighted by atomic mass is 35.5. The molecular weight excluding hydrogens is 382 g/mol. The van der Waals surface area contributed by atoms with E-state index in [1.807, 2.05) is 24.5 Å². The molecule has 1 atom stereocenters. The SMILES string of the molecule is CSCC[C@H](NC(=O)c1ccc(Cl)cc1)C(=O)OCCCc1ccccc1. The Morgan fingerprint density at radius 2 is 1.81 bits per heavy atom. The van der Waals surface area contributed by atoms with Crippen molar-refractivity contribution >= 4 is 35.2 Å². The molecule has 0 aliphatic carbocycles. The highest BCUT2D eigenvalue weighted by Gasteiger charge is 2.22. The van der Waals surface area contributed by atoms with Crippen LogP contribution in [0.2, 0.25) is 5.02 Å². The molecule has 0 aromatic heterocycles. The number of carbonyl (C=O) groups is 2. The van der Waals surface area contributed by atoms with Gasteiger partial charge in [0.2, 0.25) is 0 Å². The van der Waals surface area contributed by atoms with Crippen LogP contribution in [0, 0.1) is 0 Å². The fourth-order valence-electron chi connectivity index (χ4n) is 2.52. The van der Waals surface area contributed by atoms with Crippen LogP contribution in [0.5, 0.6) is 0 Å². The number of halogens is 1. The van der Waals surface area contributed by atoms with Gasteiger partial charge in [-0.25, -0.2) is 4.79 Å². The summed E-state index contributed by atoms with van der Waals surface area (Å²) < 4.78 is 5.39. The first-order valence-corrected chi connectivity index (χ1v) is 10.6. The minimum atomic E-state index is -0.655. The highest BCUT2D eigenvalue weighted by molar-refractivity contribution is 7.98. The molecule has 1 N–H and O–H groups in total. The van der Waals surface area contributed by atoms with E-state index in [0.717, 1.165) is 18.6 Å². The first-order valence-electron chi connectivity index (χ1n) is 8.86. The summed E-state index contributed by atoms with van der Waals surface area (Å²) in [4.78, 5) is 24.8. The number of ether oxygens (including phenoxy) is 1. The second-order valence-corrected chi connectivity index (χ2v) is 7.49. The van der Waals surface area contributed by atoms with Crippen LogP contribution >= 0.6 is 23.4 Å². The van der Waals surface area contributed by atoms with Crippen molar-refractivity contribution in [2.75, 3.05) is 18.6 Å². The predicted molar refractivity (Wildman–Crippen MR) is 111 cm³/mol. The summed E-state index contributed by atoms with van der Waals surface area (Å²) in [5.41, 5.74) is 1.67. The van der Waals surface area contributed by atoms with Crippen molar-refractivity contribution in [1.82, 2.24) is 5.32 Å². The molecule has 0 radical (unpaired) electrons. The molecule has 27 heavy (non-hydrogen) atoms. The van der Waals surface area contributed by atoms with Gasteiger partial charge in [-0.1, -0.05) is 41.9 Å². The van der Waals surface area contributed by atoms with Gasteiger partial charge >= 0.3 is 5.97 Å². The van der Waals surface area contributed by atoms with Gasteiger partial charge in [0, 0.05) is 10.6 Å². The zero-order valence-electron chi connectivity index (χ0n) is 15.3. The van der Waals surface area contributed by atoms with Crippen molar-refractivity contribution in [3.63, 3.8) is 0 Å². The normalized spacial score (nSPS) is 11.6. The number of benzene rings is 2. The summed E-state index contributed by atoms with van der Waals surface area (Å²) in [7, 11) is 0. The number of amides is 1. The number of rotatable bonds is 10. The molecule has 1 amide bonds. The summed E-state index contributed by atoms with van der Waals surface area (Å²) in [6.07, 6.45) is 4.08. The second kappa shape index (κ2) is 11.7. The molecule has 0 unspecified atom stereocenters. The Morgan fingerprint density at radius 1 is 1.11 bits per heavy atom. The molecule has 2 aromatic carbocycles. The first kappa shape index (κ1) is 21.3.